The molecule has 0 fully saturated rings. The Morgan fingerprint density at radius 2 is 2.12 bits per heavy atom. The van der Waals surface area contributed by atoms with Gasteiger partial charge in [-0.25, -0.2) is 0 Å². The van der Waals surface area contributed by atoms with Gasteiger partial charge in [0.2, 0.25) is 0 Å². The Labute approximate surface area is 52.9 Å². The average molecular weight is 132 g/mol. The standard InChI is InChI=1S/C5H14NOSi/c1-7-5-4-6-8(2)3/h6H,4-5H2,1-3H3. The van der Waals surface area contributed by atoms with Crippen LogP contribution in [0.2, 0.25) is 13.1 Å². The molecule has 0 bridgehead atoms. The summed E-state index contributed by atoms with van der Waals surface area (Å²) in [6.45, 7) is 6.27. The van der Waals surface area contributed by atoms with E-state index >= 15 is 0 Å². The lowest BCUT2D eigenvalue weighted by molar-refractivity contribution is 0.204. The first-order chi connectivity index (χ1) is 3.77. The fraction of sp³-hybridized carbons (Fsp3) is 1.00. The second-order valence-corrected chi connectivity index (χ2v) is 4.27. The molecule has 0 aliphatic carbocycles. The predicted molar refractivity (Wildman–Crippen MR) is 37.4 cm³/mol. The third-order valence-electron chi connectivity index (χ3n) is 0.785. The highest BCUT2D eigenvalue weighted by Crippen LogP contribution is 1.70. The zero-order valence-electron chi connectivity index (χ0n) is 5.82. The largest absolute Gasteiger partial charge is 0.383 e. The maximum atomic E-state index is 4.85. The molecule has 0 amide bonds. The van der Waals surface area contributed by atoms with E-state index in [9.17, 15) is 0 Å². The molecule has 0 aromatic carbocycles. The number of ether oxygens (including phenoxy) is 1. The van der Waals surface area contributed by atoms with Gasteiger partial charge in [-0.15, -0.1) is 0 Å². The predicted octanol–water partition coefficient (Wildman–Crippen LogP) is 0.473. The lowest BCUT2D eigenvalue weighted by Gasteiger charge is -2.03. The van der Waals surface area contributed by atoms with E-state index in [2.05, 4.69) is 18.1 Å². The second kappa shape index (κ2) is 5.28. The summed E-state index contributed by atoms with van der Waals surface area (Å²) in [7, 11) is 1.48. The lowest BCUT2D eigenvalue weighted by Crippen LogP contribution is -2.30. The molecule has 0 aliphatic heterocycles. The molecule has 2 nitrogen and oxygen atoms in total. The molecule has 0 rings (SSSR count). The molecule has 0 spiro atoms. The van der Waals surface area contributed by atoms with Gasteiger partial charge >= 0.3 is 0 Å². The second-order valence-electron chi connectivity index (χ2n) is 1.92. The summed E-state index contributed by atoms with van der Waals surface area (Å²) < 4.78 is 4.85. The van der Waals surface area contributed by atoms with Crippen molar-refractivity contribution in [3.8, 4) is 0 Å². The summed E-state index contributed by atoms with van der Waals surface area (Å²) in [6, 6.07) is 0. The number of hydrogen-bond donors (Lipinski definition) is 1. The molecular weight excluding hydrogens is 118 g/mol. The molecule has 8 heavy (non-hydrogen) atoms. The maximum Gasteiger partial charge on any atom is 0.126 e. The molecule has 0 aliphatic rings. The molecular formula is C5H14NOSi. The van der Waals surface area contributed by atoms with Crippen molar-refractivity contribution in [1.29, 1.82) is 0 Å². The van der Waals surface area contributed by atoms with Gasteiger partial charge < -0.3 is 9.72 Å². The van der Waals surface area contributed by atoms with E-state index < -0.39 is 0 Å². The van der Waals surface area contributed by atoms with E-state index in [1.165, 1.54) is 0 Å². The van der Waals surface area contributed by atoms with Crippen LogP contribution in [0, 0.1) is 0 Å². The third-order valence-corrected chi connectivity index (χ3v) is 1.74. The fourth-order valence-electron chi connectivity index (χ4n) is 0.403. The van der Waals surface area contributed by atoms with Crippen molar-refractivity contribution in [2.75, 3.05) is 20.3 Å². The number of rotatable bonds is 4. The minimum absolute atomic E-state index is 0.237. The average Bonchev–Trinajstić information content (AvgIpc) is 1.66. The number of hydrogen-bond acceptors (Lipinski definition) is 2. The Hall–Kier alpha value is 0.137. The van der Waals surface area contributed by atoms with Crippen LogP contribution < -0.4 is 4.98 Å². The summed E-state index contributed by atoms with van der Waals surface area (Å²) >= 11 is 0. The SMILES string of the molecule is COCCN[Si](C)C. The van der Waals surface area contributed by atoms with Gasteiger partial charge in [-0.2, -0.15) is 0 Å². The molecule has 0 aromatic heterocycles. The fourth-order valence-corrected chi connectivity index (χ4v) is 1.01. The van der Waals surface area contributed by atoms with Gasteiger partial charge in [0, 0.05) is 13.7 Å². The van der Waals surface area contributed by atoms with Crippen LogP contribution in [0.25, 0.3) is 0 Å². The van der Waals surface area contributed by atoms with Crippen molar-refractivity contribution in [1.82, 2.24) is 4.98 Å². The van der Waals surface area contributed by atoms with Crippen molar-refractivity contribution >= 4 is 8.96 Å². The van der Waals surface area contributed by atoms with E-state index in [1.807, 2.05) is 0 Å². The Morgan fingerprint density at radius 3 is 2.50 bits per heavy atom. The van der Waals surface area contributed by atoms with Crippen LogP contribution in [0.5, 0.6) is 0 Å². The van der Waals surface area contributed by atoms with Gasteiger partial charge in [0.25, 0.3) is 0 Å². The summed E-state index contributed by atoms with van der Waals surface area (Å²) in [5.41, 5.74) is 0. The number of nitrogens with one attached hydrogen (secondary N) is 1. The van der Waals surface area contributed by atoms with E-state index in [0.29, 0.717) is 0 Å². The lowest BCUT2D eigenvalue weighted by atomic mass is 10.7. The summed E-state index contributed by atoms with van der Waals surface area (Å²) in [5, 5.41) is 0. The zero-order valence-corrected chi connectivity index (χ0v) is 6.82. The highest BCUT2D eigenvalue weighted by Gasteiger charge is 1.90. The minimum atomic E-state index is -0.237. The minimum Gasteiger partial charge on any atom is -0.383 e. The van der Waals surface area contributed by atoms with Gasteiger partial charge in [0.05, 0.1) is 6.61 Å². The van der Waals surface area contributed by atoms with E-state index in [1.54, 1.807) is 7.11 Å². The van der Waals surface area contributed by atoms with Crippen LogP contribution in [-0.2, 0) is 4.74 Å². The van der Waals surface area contributed by atoms with Crippen molar-refractivity contribution in [2.45, 2.75) is 13.1 Å². The van der Waals surface area contributed by atoms with Crippen LogP contribution in [0.1, 0.15) is 0 Å². The molecule has 0 atom stereocenters. The van der Waals surface area contributed by atoms with Crippen LogP contribution in [-0.4, -0.2) is 29.2 Å². The normalized spacial score (nSPS) is 10.5. The Balaban J connectivity index is 2.72. The molecule has 0 aromatic rings. The maximum absolute atomic E-state index is 4.85. The molecule has 1 radical (unpaired) electrons. The molecule has 3 heteroatoms. The van der Waals surface area contributed by atoms with Crippen molar-refractivity contribution in [3.63, 3.8) is 0 Å². The van der Waals surface area contributed by atoms with Crippen LogP contribution in [0.4, 0.5) is 0 Å². The molecule has 0 saturated carbocycles. The van der Waals surface area contributed by atoms with Crippen molar-refractivity contribution in [3.05, 3.63) is 0 Å². The zero-order chi connectivity index (χ0) is 6.41. The molecule has 0 unspecified atom stereocenters. The quantitative estimate of drug-likeness (QED) is 0.443. The van der Waals surface area contributed by atoms with E-state index in [4.69, 9.17) is 4.74 Å². The van der Waals surface area contributed by atoms with Gasteiger partial charge in [0.15, 0.2) is 0 Å². The Morgan fingerprint density at radius 1 is 1.50 bits per heavy atom. The van der Waals surface area contributed by atoms with Gasteiger partial charge in [0.1, 0.15) is 8.96 Å². The smallest absolute Gasteiger partial charge is 0.126 e. The highest BCUT2D eigenvalue weighted by molar-refractivity contribution is 6.52. The van der Waals surface area contributed by atoms with Gasteiger partial charge in [-0.1, -0.05) is 13.1 Å². The molecule has 49 valence electrons. The van der Waals surface area contributed by atoms with Gasteiger partial charge in [-0.3, -0.25) is 0 Å². The van der Waals surface area contributed by atoms with Gasteiger partial charge in [-0.05, 0) is 0 Å². The number of methoxy groups -OCH3 is 1. The summed E-state index contributed by atoms with van der Waals surface area (Å²) in [6.07, 6.45) is 0. The van der Waals surface area contributed by atoms with Crippen LogP contribution >= 0.6 is 0 Å². The summed E-state index contributed by atoms with van der Waals surface area (Å²) in [5.74, 6) is 0. The highest BCUT2D eigenvalue weighted by atomic mass is 28.3. The molecule has 1 N–H and O–H groups in total. The van der Waals surface area contributed by atoms with Crippen LogP contribution in [0.3, 0.4) is 0 Å². The van der Waals surface area contributed by atoms with Crippen molar-refractivity contribution in [2.24, 2.45) is 0 Å². The third kappa shape index (κ3) is 6.14. The first kappa shape index (κ1) is 8.14. The summed E-state index contributed by atoms with van der Waals surface area (Å²) in [4.78, 5) is 3.32. The van der Waals surface area contributed by atoms with E-state index in [0.717, 1.165) is 13.2 Å². The van der Waals surface area contributed by atoms with Crippen LogP contribution in [0.15, 0.2) is 0 Å². The van der Waals surface area contributed by atoms with Crippen molar-refractivity contribution < 1.29 is 4.74 Å². The first-order valence-corrected chi connectivity index (χ1v) is 5.30. The molecule has 0 saturated heterocycles. The Bertz CT molecular complexity index is 49.7. The first-order valence-electron chi connectivity index (χ1n) is 2.80. The monoisotopic (exact) mass is 132 g/mol. The Kier molecular flexibility index (Phi) is 5.37. The van der Waals surface area contributed by atoms with E-state index in [-0.39, 0.29) is 8.96 Å². The topological polar surface area (TPSA) is 21.3 Å². The molecule has 0 heterocycles.